The van der Waals surface area contributed by atoms with Gasteiger partial charge >= 0.3 is 0 Å². The first-order valence-corrected chi connectivity index (χ1v) is 7.92. The van der Waals surface area contributed by atoms with Crippen molar-refractivity contribution in [3.63, 3.8) is 0 Å². The van der Waals surface area contributed by atoms with Gasteiger partial charge in [0, 0.05) is 6.04 Å². The first-order valence-electron chi connectivity index (χ1n) is 7.51. The van der Waals surface area contributed by atoms with Gasteiger partial charge in [-0.2, -0.15) is 5.10 Å². The highest BCUT2D eigenvalue weighted by Gasteiger charge is 2.24. The van der Waals surface area contributed by atoms with Gasteiger partial charge in [-0.15, -0.1) is 5.10 Å². The van der Waals surface area contributed by atoms with Crippen molar-refractivity contribution in [1.82, 2.24) is 10.2 Å². The molecule has 1 aliphatic carbocycles. The van der Waals surface area contributed by atoms with Crippen molar-refractivity contribution in [2.45, 2.75) is 58.9 Å². The van der Waals surface area contributed by atoms with E-state index < -0.39 is 0 Å². The minimum absolute atomic E-state index is 0.417. The van der Waals surface area contributed by atoms with Crippen LogP contribution in [0.1, 0.15) is 56.9 Å². The molecule has 0 saturated heterocycles. The Morgan fingerprint density at radius 2 is 2.05 bits per heavy atom. The summed E-state index contributed by atoms with van der Waals surface area (Å²) in [6.45, 7) is 6.48. The van der Waals surface area contributed by atoms with Crippen molar-refractivity contribution in [3.05, 3.63) is 16.8 Å². The molecule has 110 valence electrons. The summed E-state index contributed by atoms with van der Waals surface area (Å²) in [7, 11) is 0. The lowest BCUT2D eigenvalue weighted by Crippen LogP contribution is -2.24. The number of aromatic nitrogens is 2. The summed E-state index contributed by atoms with van der Waals surface area (Å²) in [6, 6.07) is 0.463. The van der Waals surface area contributed by atoms with Gasteiger partial charge in [-0.3, -0.25) is 0 Å². The fourth-order valence-electron chi connectivity index (χ4n) is 3.07. The smallest absolute Gasteiger partial charge is 0.159 e. The maximum atomic E-state index is 5.94. The first kappa shape index (κ1) is 15.2. The SMILES string of the molecule is CCc1nnc(NC2CCC(C)C2)c(C(N)=S)c1CC. The molecule has 5 heteroatoms. The summed E-state index contributed by atoms with van der Waals surface area (Å²) in [5.41, 5.74) is 8.98. The first-order chi connectivity index (χ1) is 9.56. The van der Waals surface area contributed by atoms with E-state index in [4.69, 9.17) is 18.0 Å². The number of aryl methyl sites for hydroxylation is 1. The topological polar surface area (TPSA) is 63.8 Å². The summed E-state index contributed by atoms with van der Waals surface area (Å²) in [6.07, 6.45) is 5.35. The Morgan fingerprint density at radius 3 is 2.55 bits per heavy atom. The van der Waals surface area contributed by atoms with Crippen molar-refractivity contribution < 1.29 is 0 Å². The monoisotopic (exact) mass is 292 g/mol. The molecule has 1 aliphatic rings. The van der Waals surface area contributed by atoms with Crippen LogP contribution in [0.4, 0.5) is 5.82 Å². The zero-order chi connectivity index (χ0) is 14.7. The summed E-state index contributed by atoms with van der Waals surface area (Å²) >= 11 is 5.25. The number of nitrogens with zero attached hydrogens (tertiary/aromatic N) is 2. The molecule has 1 aromatic rings. The number of nitrogens with two attached hydrogens (primary N) is 1. The van der Waals surface area contributed by atoms with Crippen molar-refractivity contribution in [3.8, 4) is 0 Å². The molecule has 0 aromatic carbocycles. The molecule has 1 aromatic heterocycles. The van der Waals surface area contributed by atoms with E-state index in [1.807, 2.05) is 0 Å². The highest BCUT2D eigenvalue weighted by molar-refractivity contribution is 7.80. The van der Waals surface area contributed by atoms with E-state index in [0.29, 0.717) is 11.0 Å². The van der Waals surface area contributed by atoms with E-state index in [1.165, 1.54) is 19.3 Å². The van der Waals surface area contributed by atoms with Crippen LogP contribution in [-0.2, 0) is 12.8 Å². The molecule has 20 heavy (non-hydrogen) atoms. The summed E-state index contributed by atoms with van der Waals surface area (Å²) in [5.74, 6) is 1.54. The van der Waals surface area contributed by atoms with Gasteiger partial charge in [0.05, 0.1) is 11.3 Å². The number of nitrogens with one attached hydrogen (secondary N) is 1. The third-order valence-corrected chi connectivity index (χ3v) is 4.33. The van der Waals surface area contributed by atoms with E-state index in [1.54, 1.807) is 0 Å². The molecular weight excluding hydrogens is 268 g/mol. The van der Waals surface area contributed by atoms with Crippen LogP contribution in [0.25, 0.3) is 0 Å². The Bertz CT molecular complexity index is 501. The van der Waals surface area contributed by atoms with E-state index in [2.05, 4.69) is 36.3 Å². The quantitative estimate of drug-likeness (QED) is 0.817. The largest absolute Gasteiger partial charge is 0.389 e. The molecular formula is C15H24N4S. The molecule has 2 rings (SSSR count). The normalized spacial score (nSPS) is 21.9. The predicted octanol–water partition coefficient (Wildman–Crippen LogP) is 2.84. The van der Waals surface area contributed by atoms with Crippen LogP contribution in [-0.4, -0.2) is 21.2 Å². The molecule has 0 spiro atoms. The highest BCUT2D eigenvalue weighted by Crippen LogP contribution is 2.29. The van der Waals surface area contributed by atoms with Gasteiger partial charge in [-0.1, -0.05) is 33.0 Å². The molecule has 1 fully saturated rings. The van der Waals surface area contributed by atoms with Crippen molar-refractivity contribution >= 4 is 23.0 Å². The molecule has 0 amide bonds. The molecule has 3 N–H and O–H groups in total. The Kier molecular flexibility index (Phi) is 4.91. The summed E-state index contributed by atoms with van der Waals surface area (Å²) < 4.78 is 0. The molecule has 0 aliphatic heterocycles. The van der Waals surface area contributed by atoms with Crippen molar-refractivity contribution in [2.75, 3.05) is 5.32 Å². The zero-order valence-electron chi connectivity index (χ0n) is 12.6. The van der Waals surface area contributed by atoms with Crippen LogP contribution in [0.2, 0.25) is 0 Å². The maximum absolute atomic E-state index is 5.94. The van der Waals surface area contributed by atoms with E-state index in [-0.39, 0.29) is 0 Å². The second-order valence-electron chi connectivity index (χ2n) is 5.68. The fraction of sp³-hybridized carbons (Fsp3) is 0.667. The average Bonchev–Trinajstić information content (AvgIpc) is 2.83. The van der Waals surface area contributed by atoms with Crippen molar-refractivity contribution in [2.24, 2.45) is 11.7 Å². The number of thiocarbonyl (C=S) groups is 1. The number of hydrogen-bond donors (Lipinski definition) is 2. The Morgan fingerprint density at radius 1 is 1.30 bits per heavy atom. The number of rotatable bonds is 5. The molecule has 0 radical (unpaired) electrons. The zero-order valence-corrected chi connectivity index (χ0v) is 13.4. The predicted molar refractivity (Wildman–Crippen MR) is 87.1 cm³/mol. The number of anilines is 1. The minimum atomic E-state index is 0.417. The van der Waals surface area contributed by atoms with E-state index >= 15 is 0 Å². The summed E-state index contributed by atoms with van der Waals surface area (Å²) in [5, 5.41) is 12.2. The van der Waals surface area contributed by atoms with Gasteiger partial charge in [0.25, 0.3) is 0 Å². The van der Waals surface area contributed by atoms with Crippen LogP contribution in [0.15, 0.2) is 0 Å². The van der Waals surface area contributed by atoms with Gasteiger partial charge < -0.3 is 11.1 Å². The van der Waals surface area contributed by atoms with Gasteiger partial charge in [0.2, 0.25) is 0 Å². The lowest BCUT2D eigenvalue weighted by Gasteiger charge is -2.19. The molecule has 2 unspecified atom stereocenters. The van der Waals surface area contributed by atoms with Gasteiger partial charge in [0.1, 0.15) is 4.99 Å². The maximum Gasteiger partial charge on any atom is 0.159 e. The van der Waals surface area contributed by atoms with Gasteiger partial charge in [-0.05, 0) is 43.6 Å². The fourth-order valence-corrected chi connectivity index (χ4v) is 3.29. The lowest BCUT2D eigenvalue weighted by molar-refractivity contribution is 0.602. The third-order valence-electron chi connectivity index (χ3n) is 4.13. The lowest BCUT2D eigenvalue weighted by atomic mass is 10.0. The second-order valence-corrected chi connectivity index (χ2v) is 6.12. The van der Waals surface area contributed by atoms with Crippen LogP contribution in [0.3, 0.4) is 0 Å². The Hall–Kier alpha value is -1.23. The van der Waals surface area contributed by atoms with E-state index in [9.17, 15) is 0 Å². The van der Waals surface area contributed by atoms with Crippen LogP contribution in [0, 0.1) is 5.92 Å². The Balaban J connectivity index is 2.34. The van der Waals surface area contributed by atoms with Crippen molar-refractivity contribution in [1.29, 1.82) is 0 Å². The van der Waals surface area contributed by atoms with Crippen LogP contribution < -0.4 is 11.1 Å². The molecule has 1 heterocycles. The minimum Gasteiger partial charge on any atom is -0.389 e. The number of hydrogen-bond acceptors (Lipinski definition) is 4. The molecule has 0 bridgehead atoms. The van der Waals surface area contributed by atoms with Gasteiger partial charge in [0.15, 0.2) is 5.82 Å². The standard InChI is InChI=1S/C15H24N4S/c1-4-11-12(5-2)18-19-15(13(11)14(16)20)17-10-7-6-9(3)8-10/h9-10H,4-8H2,1-3H3,(H2,16,20)(H,17,19). The second kappa shape index (κ2) is 6.48. The molecule has 4 nitrogen and oxygen atoms in total. The molecule has 1 saturated carbocycles. The third kappa shape index (κ3) is 3.08. The van der Waals surface area contributed by atoms with Gasteiger partial charge in [-0.25, -0.2) is 0 Å². The average molecular weight is 292 g/mol. The van der Waals surface area contributed by atoms with Crippen LogP contribution in [0.5, 0.6) is 0 Å². The highest BCUT2D eigenvalue weighted by atomic mass is 32.1. The summed E-state index contributed by atoms with van der Waals surface area (Å²) in [4.78, 5) is 0.417. The molecule has 2 atom stereocenters. The van der Waals surface area contributed by atoms with E-state index in [0.717, 1.165) is 41.4 Å². The van der Waals surface area contributed by atoms with Crippen LogP contribution >= 0.6 is 12.2 Å². The Labute approximate surface area is 126 Å².